The molecule has 1 aliphatic rings. The van der Waals surface area contributed by atoms with Crippen LogP contribution in [-0.2, 0) is 4.74 Å². The fourth-order valence-corrected chi connectivity index (χ4v) is 4.04. The van der Waals surface area contributed by atoms with E-state index in [-0.39, 0.29) is 11.7 Å². The second-order valence-electron chi connectivity index (χ2n) is 7.63. The number of carbonyl (C=O) groups is 1. The van der Waals surface area contributed by atoms with Crippen LogP contribution in [0.2, 0.25) is 0 Å². The standard InChI is InChI=1S/C23H26FN3O2/c1-29-11-10-27-9-3-4-17(15-27)16-7-8-21-18(12-16)13-22(26-21)23(28)25-20-6-2-5-19(24)14-20/h2,5-8,12-14,17,26H,3-4,9-11,15H2,1H3,(H,25,28). The van der Waals surface area contributed by atoms with Gasteiger partial charge in [0.1, 0.15) is 11.5 Å². The molecule has 4 rings (SSSR count). The molecule has 0 aliphatic carbocycles. The Morgan fingerprint density at radius 2 is 2.17 bits per heavy atom. The Morgan fingerprint density at radius 1 is 1.28 bits per heavy atom. The van der Waals surface area contributed by atoms with Gasteiger partial charge in [-0.15, -0.1) is 0 Å². The monoisotopic (exact) mass is 395 g/mol. The quantitative estimate of drug-likeness (QED) is 0.651. The first-order chi connectivity index (χ1) is 14.1. The maximum atomic E-state index is 13.3. The number of amides is 1. The number of ether oxygens (including phenoxy) is 1. The van der Waals surface area contributed by atoms with Crippen LogP contribution < -0.4 is 5.32 Å². The molecule has 2 N–H and O–H groups in total. The highest BCUT2D eigenvalue weighted by Crippen LogP contribution is 2.29. The number of benzene rings is 2. The first kappa shape index (κ1) is 19.6. The number of rotatable bonds is 6. The average Bonchev–Trinajstić information content (AvgIpc) is 3.16. The van der Waals surface area contributed by atoms with E-state index in [0.717, 1.165) is 37.1 Å². The number of nitrogens with one attached hydrogen (secondary N) is 2. The molecule has 2 aromatic carbocycles. The van der Waals surface area contributed by atoms with Gasteiger partial charge in [-0.05, 0) is 67.3 Å². The molecule has 3 aromatic rings. The highest BCUT2D eigenvalue weighted by molar-refractivity contribution is 6.06. The molecule has 6 heteroatoms. The molecular weight excluding hydrogens is 369 g/mol. The second-order valence-corrected chi connectivity index (χ2v) is 7.63. The third kappa shape index (κ3) is 4.66. The summed E-state index contributed by atoms with van der Waals surface area (Å²) in [6.07, 6.45) is 2.35. The number of carbonyl (C=O) groups excluding carboxylic acids is 1. The third-order valence-electron chi connectivity index (χ3n) is 5.56. The Balaban J connectivity index is 1.49. The summed E-state index contributed by atoms with van der Waals surface area (Å²) in [7, 11) is 1.74. The minimum absolute atomic E-state index is 0.281. The van der Waals surface area contributed by atoms with Crippen molar-refractivity contribution >= 4 is 22.5 Å². The fraction of sp³-hybridized carbons (Fsp3) is 0.348. The molecule has 0 radical (unpaired) electrons. The Morgan fingerprint density at radius 3 is 3.00 bits per heavy atom. The van der Waals surface area contributed by atoms with Crippen molar-refractivity contribution in [2.24, 2.45) is 0 Å². The van der Waals surface area contributed by atoms with Gasteiger partial charge in [0.05, 0.1) is 6.61 Å². The molecule has 5 nitrogen and oxygen atoms in total. The molecule has 1 amide bonds. The van der Waals surface area contributed by atoms with Gasteiger partial charge in [0.2, 0.25) is 0 Å². The highest BCUT2D eigenvalue weighted by Gasteiger charge is 2.21. The van der Waals surface area contributed by atoms with Crippen molar-refractivity contribution in [3.63, 3.8) is 0 Å². The van der Waals surface area contributed by atoms with E-state index in [1.165, 1.54) is 30.5 Å². The Labute approximate surface area is 169 Å². The molecule has 0 spiro atoms. The molecule has 2 heterocycles. The zero-order valence-corrected chi connectivity index (χ0v) is 16.6. The maximum absolute atomic E-state index is 13.3. The molecule has 1 atom stereocenters. The van der Waals surface area contributed by atoms with Crippen LogP contribution in [0.15, 0.2) is 48.5 Å². The molecular formula is C23H26FN3O2. The Hall–Kier alpha value is -2.70. The van der Waals surface area contributed by atoms with Gasteiger partial charge >= 0.3 is 0 Å². The van der Waals surface area contributed by atoms with Gasteiger partial charge in [0, 0.05) is 36.8 Å². The number of methoxy groups -OCH3 is 1. The number of H-pyrrole nitrogens is 1. The molecule has 29 heavy (non-hydrogen) atoms. The van der Waals surface area contributed by atoms with Crippen molar-refractivity contribution in [3.8, 4) is 0 Å². The summed E-state index contributed by atoms with van der Waals surface area (Å²) in [6, 6.07) is 14.1. The molecule has 0 saturated carbocycles. The predicted molar refractivity (Wildman–Crippen MR) is 113 cm³/mol. The van der Waals surface area contributed by atoms with Crippen LogP contribution in [0.5, 0.6) is 0 Å². The lowest BCUT2D eigenvalue weighted by Crippen LogP contribution is -2.36. The zero-order chi connectivity index (χ0) is 20.2. The predicted octanol–water partition coefficient (Wildman–Crippen LogP) is 4.39. The number of piperidine rings is 1. The molecule has 1 aliphatic heterocycles. The van der Waals surface area contributed by atoms with Crippen LogP contribution in [0, 0.1) is 5.82 Å². The van der Waals surface area contributed by atoms with Crippen molar-refractivity contribution in [1.82, 2.24) is 9.88 Å². The maximum Gasteiger partial charge on any atom is 0.272 e. The number of likely N-dealkylation sites (tertiary alicyclic amines) is 1. The van der Waals surface area contributed by atoms with Crippen LogP contribution >= 0.6 is 0 Å². The molecule has 1 saturated heterocycles. The van der Waals surface area contributed by atoms with E-state index in [0.29, 0.717) is 17.3 Å². The lowest BCUT2D eigenvalue weighted by molar-refractivity contribution is 0.102. The van der Waals surface area contributed by atoms with Crippen LogP contribution in [-0.4, -0.2) is 49.1 Å². The summed E-state index contributed by atoms with van der Waals surface area (Å²) in [6.45, 7) is 3.88. The number of fused-ring (bicyclic) bond motifs is 1. The van der Waals surface area contributed by atoms with Crippen LogP contribution in [0.4, 0.5) is 10.1 Å². The number of hydrogen-bond acceptors (Lipinski definition) is 3. The minimum Gasteiger partial charge on any atom is -0.383 e. The van der Waals surface area contributed by atoms with E-state index >= 15 is 0 Å². The third-order valence-corrected chi connectivity index (χ3v) is 5.56. The minimum atomic E-state index is -0.379. The van der Waals surface area contributed by atoms with Gasteiger partial charge in [-0.1, -0.05) is 12.1 Å². The van der Waals surface area contributed by atoms with E-state index in [9.17, 15) is 9.18 Å². The van der Waals surface area contributed by atoms with Crippen molar-refractivity contribution in [3.05, 3.63) is 65.6 Å². The van der Waals surface area contributed by atoms with E-state index in [1.54, 1.807) is 19.2 Å². The summed E-state index contributed by atoms with van der Waals surface area (Å²) >= 11 is 0. The number of hydrogen-bond donors (Lipinski definition) is 2. The SMILES string of the molecule is COCCN1CCCC(c2ccc3[nH]c(C(=O)Nc4cccc(F)c4)cc3c2)C1. The van der Waals surface area contributed by atoms with Gasteiger partial charge < -0.3 is 19.9 Å². The number of aromatic amines is 1. The van der Waals surface area contributed by atoms with E-state index in [2.05, 4.69) is 27.3 Å². The van der Waals surface area contributed by atoms with Crippen LogP contribution in [0.3, 0.4) is 0 Å². The van der Waals surface area contributed by atoms with Crippen molar-refractivity contribution < 1.29 is 13.9 Å². The lowest BCUT2D eigenvalue weighted by atomic mass is 9.90. The summed E-state index contributed by atoms with van der Waals surface area (Å²) in [5.41, 5.74) is 3.13. The summed E-state index contributed by atoms with van der Waals surface area (Å²) in [5.74, 6) is -0.169. The van der Waals surface area contributed by atoms with Crippen molar-refractivity contribution in [2.75, 3.05) is 38.7 Å². The van der Waals surface area contributed by atoms with Crippen LogP contribution in [0.1, 0.15) is 34.8 Å². The first-order valence-corrected chi connectivity index (χ1v) is 10.0. The first-order valence-electron chi connectivity index (χ1n) is 10.0. The summed E-state index contributed by atoms with van der Waals surface area (Å²) in [5, 5.41) is 3.75. The number of nitrogens with zero attached hydrogens (tertiary/aromatic N) is 1. The molecule has 1 aromatic heterocycles. The summed E-state index contributed by atoms with van der Waals surface area (Å²) < 4.78 is 18.5. The number of anilines is 1. The average molecular weight is 395 g/mol. The molecule has 0 bridgehead atoms. The fourth-order valence-electron chi connectivity index (χ4n) is 4.04. The summed E-state index contributed by atoms with van der Waals surface area (Å²) in [4.78, 5) is 18.2. The second kappa shape index (κ2) is 8.76. The van der Waals surface area contributed by atoms with Gasteiger partial charge in [-0.3, -0.25) is 4.79 Å². The van der Waals surface area contributed by atoms with E-state index < -0.39 is 0 Å². The van der Waals surface area contributed by atoms with Crippen molar-refractivity contribution in [2.45, 2.75) is 18.8 Å². The Kier molecular flexibility index (Phi) is 5.92. The molecule has 1 fully saturated rings. The van der Waals surface area contributed by atoms with Gasteiger partial charge in [-0.2, -0.15) is 0 Å². The largest absolute Gasteiger partial charge is 0.383 e. The van der Waals surface area contributed by atoms with Gasteiger partial charge in [0.15, 0.2) is 0 Å². The lowest BCUT2D eigenvalue weighted by Gasteiger charge is -2.32. The van der Waals surface area contributed by atoms with Gasteiger partial charge in [0.25, 0.3) is 5.91 Å². The van der Waals surface area contributed by atoms with E-state index in [4.69, 9.17) is 4.74 Å². The number of halogens is 1. The Bertz CT molecular complexity index is 1000. The molecule has 152 valence electrons. The normalized spacial score (nSPS) is 17.5. The van der Waals surface area contributed by atoms with Crippen molar-refractivity contribution in [1.29, 1.82) is 0 Å². The number of aromatic nitrogens is 1. The smallest absolute Gasteiger partial charge is 0.272 e. The zero-order valence-electron chi connectivity index (χ0n) is 16.6. The van der Waals surface area contributed by atoms with Crippen LogP contribution in [0.25, 0.3) is 10.9 Å². The highest BCUT2D eigenvalue weighted by atomic mass is 19.1. The molecule has 1 unspecified atom stereocenters. The topological polar surface area (TPSA) is 57.4 Å². The van der Waals surface area contributed by atoms with Gasteiger partial charge in [-0.25, -0.2) is 4.39 Å². The van der Waals surface area contributed by atoms with E-state index in [1.807, 2.05) is 12.1 Å².